The SMILES string of the molecule is CCc1ccc(C(O)C2CCCN2)cc1. The van der Waals surface area contributed by atoms with E-state index in [9.17, 15) is 5.11 Å². The Kier molecular flexibility index (Phi) is 3.39. The van der Waals surface area contributed by atoms with Crippen LogP contribution in [0.25, 0.3) is 0 Å². The second-order valence-electron chi connectivity index (χ2n) is 4.24. The Hall–Kier alpha value is -0.860. The number of aliphatic hydroxyl groups excluding tert-OH is 1. The third-order valence-corrected chi connectivity index (χ3v) is 3.21. The summed E-state index contributed by atoms with van der Waals surface area (Å²) in [6.07, 6.45) is 2.96. The van der Waals surface area contributed by atoms with Gasteiger partial charge in [0.1, 0.15) is 0 Å². The Morgan fingerprint density at radius 1 is 1.40 bits per heavy atom. The van der Waals surface area contributed by atoms with Gasteiger partial charge in [0.15, 0.2) is 0 Å². The Bertz CT molecular complexity index is 301. The molecule has 2 atom stereocenters. The maximum Gasteiger partial charge on any atom is 0.0942 e. The summed E-state index contributed by atoms with van der Waals surface area (Å²) >= 11 is 0. The van der Waals surface area contributed by atoms with E-state index in [2.05, 4.69) is 24.4 Å². The molecule has 2 nitrogen and oxygen atoms in total. The second-order valence-corrected chi connectivity index (χ2v) is 4.24. The van der Waals surface area contributed by atoms with Gasteiger partial charge in [-0.3, -0.25) is 0 Å². The van der Waals surface area contributed by atoms with Crippen molar-refractivity contribution in [3.8, 4) is 0 Å². The third-order valence-electron chi connectivity index (χ3n) is 3.21. The van der Waals surface area contributed by atoms with Crippen LogP contribution in [0.5, 0.6) is 0 Å². The summed E-state index contributed by atoms with van der Waals surface area (Å²) in [7, 11) is 0. The van der Waals surface area contributed by atoms with Crippen molar-refractivity contribution in [1.29, 1.82) is 0 Å². The van der Waals surface area contributed by atoms with E-state index >= 15 is 0 Å². The first-order valence-corrected chi connectivity index (χ1v) is 5.81. The summed E-state index contributed by atoms with van der Waals surface area (Å²) in [6, 6.07) is 8.55. The van der Waals surface area contributed by atoms with Gasteiger partial charge in [0, 0.05) is 6.04 Å². The lowest BCUT2D eigenvalue weighted by molar-refractivity contribution is 0.137. The van der Waals surface area contributed by atoms with E-state index < -0.39 is 0 Å². The van der Waals surface area contributed by atoms with Gasteiger partial charge in [-0.2, -0.15) is 0 Å². The number of aryl methyl sites for hydroxylation is 1. The van der Waals surface area contributed by atoms with Gasteiger partial charge >= 0.3 is 0 Å². The minimum absolute atomic E-state index is 0.248. The number of benzene rings is 1. The predicted molar refractivity (Wildman–Crippen MR) is 61.8 cm³/mol. The van der Waals surface area contributed by atoms with Gasteiger partial charge < -0.3 is 10.4 Å². The average Bonchev–Trinajstić information content (AvgIpc) is 2.82. The zero-order valence-electron chi connectivity index (χ0n) is 9.24. The molecule has 1 fully saturated rings. The molecule has 1 aromatic rings. The van der Waals surface area contributed by atoms with Crippen LogP contribution >= 0.6 is 0 Å². The lowest BCUT2D eigenvalue weighted by Crippen LogP contribution is -2.28. The fraction of sp³-hybridized carbons (Fsp3) is 0.538. The zero-order valence-corrected chi connectivity index (χ0v) is 9.24. The molecule has 15 heavy (non-hydrogen) atoms. The van der Waals surface area contributed by atoms with E-state index in [1.165, 1.54) is 12.0 Å². The quantitative estimate of drug-likeness (QED) is 0.791. The van der Waals surface area contributed by atoms with Gasteiger partial charge in [-0.15, -0.1) is 0 Å². The molecule has 0 bridgehead atoms. The molecule has 2 unspecified atom stereocenters. The van der Waals surface area contributed by atoms with Crippen LogP contribution in [0.2, 0.25) is 0 Å². The van der Waals surface area contributed by atoms with E-state index in [0.29, 0.717) is 0 Å². The van der Waals surface area contributed by atoms with Gasteiger partial charge in [-0.25, -0.2) is 0 Å². The normalized spacial score (nSPS) is 22.9. The van der Waals surface area contributed by atoms with E-state index in [4.69, 9.17) is 0 Å². The van der Waals surface area contributed by atoms with Crippen molar-refractivity contribution in [3.63, 3.8) is 0 Å². The molecule has 0 radical (unpaired) electrons. The van der Waals surface area contributed by atoms with Crippen molar-refractivity contribution < 1.29 is 5.11 Å². The number of hydrogen-bond donors (Lipinski definition) is 2. The molecule has 0 aromatic heterocycles. The molecule has 0 saturated carbocycles. The highest BCUT2D eigenvalue weighted by Gasteiger charge is 2.23. The summed E-state index contributed by atoms with van der Waals surface area (Å²) in [5.74, 6) is 0. The molecule has 0 amide bonds. The molecular weight excluding hydrogens is 186 g/mol. The van der Waals surface area contributed by atoms with Crippen LogP contribution in [0.15, 0.2) is 24.3 Å². The zero-order chi connectivity index (χ0) is 10.7. The minimum atomic E-state index is -0.349. The summed E-state index contributed by atoms with van der Waals surface area (Å²) in [6.45, 7) is 3.18. The maximum atomic E-state index is 10.1. The molecule has 0 aliphatic carbocycles. The Labute approximate surface area is 91.3 Å². The topological polar surface area (TPSA) is 32.3 Å². The number of hydrogen-bond acceptors (Lipinski definition) is 2. The second kappa shape index (κ2) is 4.77. The predicted octanol–water partition coefficient (Wildman–Crippen LogP) is 2.03. The van der Waals surface area contributed by atoms with Crippen molar-refractivity contribution in [2.45, 2.75) is 38.3 Å². The van der Waals surface area contributed by atoms with Crippen LogP contribution in [0, 0.1) is 0 Å². The van der Waals surface area contributed by atoms with E-state index in [1.807, 2.05) is 12.1 Å². The molecule has 1 aromatic carbocycles. The minimum Gasteiger partial charge on any atom is -0.387 e. The van der Waals surface area contributed by atoms with Crippen LogP contribution in [0.4, 0.5) is 0 Å². The molecule has 0 spiro atoms. The summed E-state index contributed by atoms with van der Waals surface area (Å²) < 4.78 is 0. The first-order valence-electron chi connectivity index (χ1n) is 5.81. The standard InChI is InChI=1S/C13H19NO/c1-2-10-5-7-11(8-6-10)13(15)12-4-3-9-14-12/h5-8,12-15H,2-4,9H2,1H3. The molecule has 2 N–H and O–H groups in total. The molecular formula is C13H19NO. The molecule has 82 valence electrons. The van der Waals surface area contributed by atoms with Crippen LogP contribution in [-0.2, 0) is 6.42 Å². The lowest BCUT2D eigenvalue weighted by Gasteiger charge is -2.18. The van der Waals surface area contributed by atoms with Gasteiger partial charge in [0.05, 0.1) is 6.10 Å². The number of rotatable bonds is 3. The van der Waals surface area contributed by atoms with Crippen LogP contribution in [0.1, 0.15) is 37.0 Å². The molecule has 1 heterocycles. The highest BCUT2D eigenvalue weighted by molar-refractivity contribution is 5.25. The van der Waals surface area contributed by atoms with E-state index in [0.717, 1.165) is 24.9 Å². The number of nitrogens with one attached hydrogen (secondary N) is 1. The van der Waals surface area contributed by atoms with Crippen LogP contribution in [0.3, 0.4) is 0 Å². The highest BCUT2D eigenvalue weighted by atomic mass is 16.3. The van der Waals surface area contributed by atoms with Gasteiger partial charge in [0.2, 0.25) is 0 Å². The first-order chi connectivity index (χ1) is 7.31. The fourth-order valence-corrected chi connectivity index (χ4v) is 2.16. The molecule has 2 rings (SSSR count). The Morgan fingerprint density at radius 2 is 2.13 bits per heavy atom. The van der Waals surface area contributed by atoms with Crippen LogP contribution < -0.4 is 5.32 Å². The summed E-state index contributed by atoms with van der Waals surface area (Å²) in [5.41, 5.74) is 2.36. The Morgan fingerprint density at radius 3 is 2.67 bits per heavy atom. The largest absolute Gasteiger partial charge is 0.387 e. The van der Waals surface area contributed by atoms with E-state index in [1.54, 1.807) is 0 Å². The van der Waals surface area contributed by atoms with Crippen molar-refractivity contribution in [3.05, 3.63) is 35.4 Å². The van der Waals surface area contributed by atoms with Crippen molar-refractivity contribution in [1.82, 2.24) is 5.32 Å². The highest BCUT2D eigenvalue weighted by Crippen LogP contribution is 2.23. The van der Waals surface area contributed by atoms with Crippen molar-refractivity contribution in [2.24, 2.45) is 0 Å². The molecule has 1 aliphatic heterocycles. The molecule has 2 heteroatoms. The average molecular weight is 205 g/mol. The van der Waals surface area contributed by atoms with Gasteiger partial charge in [-0.05, 0) is 36.9 Å². The Balaban J connectivity index is 2.07. The number of aliphatic hydroxyl groups is 1. The van der Waals surface area contributed by atoms with E-state index in [-0.39, 0.29) is 12.1 Å². The molecule has 1 aliphatic rings. The smallest absolute Gasteiger partial charge is 0.0942 e. The van der Waals surface area contributed by atoms with Gasteiger partial charge in [0.25, 0.3) is 0 Å². The first kappa shape index (κ1) is 10.7. The monoisotopic (exact) mass is 205 g/mol. The van der Waals surface area contributed by atoms with Crippen LogP contribution in [-0.4, -0.2) is 17.7 Å². The van der Waals surface area contributed by atoms with Crippen molar-refractivity contribution >= 4 is 0 Å². The fourth-order valence-electron chi connectivity index (χ4n) is 2.16. The van der Waals surface area contributed by atoms with Crippen molar-refractivity contribution in [2.75, 3.05) is 6.54 Å². The molecule has 1 saturated heterocycles. The summed E-state index contributed by atoms with van der Waals surface area (Å²) in [5, 5.41) is 13.5. The summed E-state index contributed by atoms with van der Waals surface area (Å²) in [4.78, 5) is 0. The maximum absolute atomic E-state index is 10.1. The third kappa shape index (κ3) is 2.39. The van der Waals surface area contributed by atoms with Gasteiger partial charge in [-0.1, -0.05) is 31.2 Å². The lowest BCUT2D eigenvalue weighted by atomic mass is 9.99.